The van der Waals surface area contributed by atoms with Crippen LogP contribution in [0.4, 0.5) is 0 Å². The van der Waals surface area contributed by atoms with E-state index in [2.05, 4.69) is 19.2 Å². The molecule has 20 heavy (non-hydrogen) atoms. The molecule has 2 aromatic rings. The first-order valence-electron chi connectivity index (χ1n) is 6.90. The van der Waals surface area contributed by atoms with Crippen molar-refractivity contribution in [2.75, 3.05) is 6.54 Å². The van der Waals surface area contributed by atoms with Gasteiger partial charge in [0.2, 0.25) is 0 Å². The fourth-order valence-electron chi connectivity index (χ4n) is 2.21. The number of benzene rings is 1. The molecule has 0 aliphatic rings. The molecule has 0 radical (unpaired) electrons. The van der Waals surface area contributed by atoms with E-state index in [1.165, 1.54) is 0 Å². The molecule has 1 aromatic carbocycles. The lowest BCUT2D eigenvalue weighted by Gasteiger charge is -2.16. The number of hydrogen-bond donors (Lipinski definition) is 1. The molecule has 1 N–H and O–H groups in total. The number of likely N-dealkylation sites (N-methyl/N-ethyl adjacent to an activating group) is 1. The molecule has 108 valence electrons. The predicted octanol–water partition coefficient (Wildman–Crippen LogP) is 5.04. The number of furan rings is 1. The molecule has 0 saturated heterocycles. The lowest BCUT2D eigenvalue weighted by molar-refractivity contribution is 0.397. The van der Waals surface area contributed by atoms with Crippen molar-refractivity contribution in [1.29, 1.82) is 0 Å². The molecule has 0 saturated carbocycles. The summed E-state index contributed by atoms with van der Waals surface area (Å²) >= 11 is 12.3. The summed E-state index contributed by atoms with van der Waals surface area (Å²) in [5.74, 6) is 1.94. The zero-order valence-electron chi connectivity index (χ0n) is 11.7. The average molecular weight is 312 g/mol. The smallest absolute Gasteiger partial charge is 0.121 e. The maximum atomic E-state index is 6.24. The number of nitrogens with one attached hydrogen (secondary N) is 1. The maximum Gasteiger partial charge on any atom is 0.121 e. The molecule has 0 amide bonds. The second-order valence-corrected chi connectivity index (χ2v) is 5.55. The highest BCUT2D eigenvalue weighted by Crippen LogP contribution is 2.27. The lowest BCUT2D eigenvalue weighted by Crippen LogP contribution is -2.22. The molecule has 0 spiro atoms. The van der Waals surface area contributed by atoms with E-state index >= 15 is 0 Å². The number of aryl methyl sites for hydroxylation is 1. The van der Waals surface area contributed by atoms with Crippen molar-refractivity contribution in [3.63, 3.8) is 0 Å². The van der Waals surface area contributed by atoms with Crippen molar-refractivity contribution >= 4 is 23.2 Å². The zero-order valence-corrected chi connectivity index (χ0v) is 13.3. The molecule has 4 heteroatoms. The van der Waals surface area contributed by atoms with Gasteiger partial charge in [0.25, 0.3) is 0 Å². The van der Waals surface area contributed by atoms with Gasteiger partial charge in [-0.15, -0.1) is 0 Å². The summed E-state index contributed by atoms with van der Waals surface area (Å²) in [7, 11) is 0. The van der Waals surface area contributed by atoms with Gasteiger partial charge in [-0.2, -0.15) is 0 Å². The normalized spacial score (nSPS) is 12.6. The Kier molecular flexibility index (Phi) is 5.53. The SMILES string of the molecule is CCNC(Cc1cc(Cl)ccc1Cl)c1ccc(CC)o1. The zero-order chi connectivity index (χ0) is 14.5. The van der Waals surface area contributed by atoms with E-state index in [-0.39, 0.29) is 6.04 Å². The van der Waals surface area contributed by atoms with Gasteiger partial charge in [-0.1, -0.05) is 37.0 Å². The monoisotopic (exact) mass is 311 g/mol. The molecule has 0 aliphatic heterocycles. The van der Waals surface area contributed by atoms with Crippen LogP contribution in [0.1, 0.15) is 37.0 Å². The minimum absolute atomic E-state index is 0.108. The van der Waals surface area contributed by atoms with Crippen molar-refractivity contribution in [3.8, 4) is 0 Å². The maximum absolute atomic E-state index is 6.24. The third-order valence-corrected chi connectivity index (χ3v) is 3.86. The Morgan fingerprint density at radius 1 is 1.15 bits per heavy atom. The van der Waals surface area contributed by atoms with E-state index in [1.54, 1.807) is 6.07 Å². The first-order chi connectivity index (χ1) is 9.63. The number of hydrogen-bond acceptors (Lipinski definition) is 2. The third-order valence-electron chi connectivity index (χ3n) is 3.26. The Morgan fingerprint density at radius 2 is 1.95 bits per heavy atom. The molecule has 0 aliphatic carbocycles. The largest absolute Gasteiger partial charge is 0.464 e. The van der Waals surface area contributed by atoms with Gasteiger partial charge in [0, 0.05) is 16.5 Å². The van der Waals surface area contributed by atoms with E-state index < -0.39 is 0 Å². The second kappa shape index (κ2) is 7.16. The topological polar surface area (TPSA) is 25.2 Å². The molecule has 1 atom stereocenters. The van der Waals surface area contributed by atoms with Gasteiger partial charge in [-0.05, 0) is 48.9 Å². The minimum Gasteiger partial charge on any atom is -0.464 e. The summed E-state index contributed by atoms with van der Waals surface area (Å²) in [6.07, 6.45) is 1.65. The van der Waals surface area contributed by atoms with Crippen LogP contribution in [0.25, 0.3) is 0 Å². The summed E-state index contributed by atoms with van der Waals surface area (Å²) in [5.41, 5.74) is 1.03. The molecular weight excluding hydrogens is 293 g/mol. The molecule has 0 fully saturated rings. The molecule has 2 nitrogen and oxygen atoms in total. The van der Waals surface area contributed by atoms with E-state index in [4.69, 9.17) is 27.6 Å². The van der Waals surface area contributed by atoms with Gasteiger partial charge < -0.3 is 9.73 Å². The van der Waals surface area contributed by atoms with Crippen molar-refractivity contribution in [2.24, 2.45) is 0 Å². The van der Waals surface area contributed by atoms with Gasteiger partial charge in [0.1, 0.15) is 11.5 Å². The predicted molar refractivity (Wildman–Crippen MR) is 84.7 cm³/mol. The van der Waals surface area contributed by atoms with Crippen molar-refractivity contribution in [3.05, 3.63) is 57.5 Å². The van der Waals surface area contributed by atoms with Crippen LogP contribution < -0.4 is 5.32 Å². The molecule has 1 aromatic heterocycles. The van der Waals surface area contributed by atoms with E-state index in [0.717, 1.165) is 41.5 Å². The van der Waals surface area contributed by atoms with Crippen LogP contribution >= 0.6 is 23.2 Å². The Morgan fingerprint density at radius 3 is 2.60 bits per heavy atom. The van der Waals surface area contributed by atoms with Crippen molar-refractivity contribution in [1.82, 2.24) is 5.32 Å². The number of rotatable bonds is 6. The first kappa shape index (κ1) is 15.4. The summed E-state index contributed by atoms with van der Waals surface area (Å²) in [5, 5.41) is 4.87. The third kappa shape index (κ3) is 3.78. The Hall–Kier alpha value is -0.960. The van der Waals surface area contributed by atoms with Gasteiger partial charge in [0.15, 0.2) is 0 Å². The molecule has 1 unspecified atom stereocenters. The summed E-state index contributed by atoms with van der Waals surface area (Å²) < 4.78 is 5.85. The highest BCUT2D eigenvalue weighted by Gasteiger charge is 2.17. The van der Waals surface area contributed by atoms with E-state index in [1.807, 2.05) is 24.3 Å². The minimum atomic E-state index is 0.108. The number of halogens is 2. The Bertz CT molecular complexity index is 565. The highest BCUT2D eigenvalue weighted by molar-refractivity contribution is 6.33. The van der Waals surface area contributed by atoms with Crippen molar-refractivity contribution in [2.45, 2.75) is 32.7 Å². The molecular formula is C16H19Cl2NO. The standard InChI is InChI=1S/C16H19Cl2NO/c1-3-13-6-8-16(20-13)15(19-4-2)10-11-9-12(17)5-7-14(11)18/h5-9,15,19H,3-4,10H2,1-2H3. The van der Waals surface area contributed by atoms with Crippen LogP contribution in [0, 0.1) is 0 Å². The Balaban J connectivity index is 2.22. The van der Waals surface area contributed by atoms with Crippen LogP contribution in [0.15, 0.2) is 34.7 Å². The first-order valence-corrected chi connectivity index (χ1v) is 7.65. The summed E-state index contributed by atoms with van der Waals surface area (Å²) in [4.78, 5) is 0. The van der Waals surface area contributed by atoms with Crippen LogP contribution in [0.5, 0.6) is 0 Å². The van der Waals surface area contributed by atoms with Gasteiger partial charge in [-0.3, -0.25) is 0 Å². The van der Waals surface area contributed by atoms with E-state index in [9.17, 15) is 0 Å². The van der Waals surface area contributed by atoms with Crippen LogP contribution in [0.2, 0.25) is 10.0 Å². The Labute approximate surface area is 130 Å². The highest BCUT2D eigenvalue weighted by atomic mass is 35.5. The lowest BCUT2D eigenvalue weighted by atomic mass is 10.0. The summed E-state index contributed by atoms with van der Waals surface area (Å²) in [6, 6.07) is 9.72. The molecule has 1 heterocycles. The second-order valence-electron chi connectivity index (χ2n) is 4.71. The quantitative estimate of drug-likeness (QED) is 0.808. The van der Waals surface area contributed by atoms with Gasteiger partial charge >= 0.3 is 0 Å². The van der Waals surface area contributed by atoms with Crippen LogP contribution in [-0.2, 0) is 12.8 Å². The van der Waals surface area contributed by atoms with Crippen LogP contribution in [0.3, 0.4) is 0 Å². The fraction of sp³-hybridized carbons (Fsp3) is 0.375. The van der Waals surface area contributed by atoms with Crippen LogP contribution in [-0.4, -0.2) is 6.54 Å². The van der Waals surface area contributed by atoms with E-state index in [0.29, 0.717) is 5.02 Å². The van der Waals surface area contributed by atoms with Gasteiger partial charge in [0.05, 0.1) is 6.04 Å². The molecule has 0 bridgehead atoms. The fourth-order valence-corrected chi connectivity index (χ4v) is 2.60. The summed E-state index contributed by atoms with van der Waals surface area (Å²) in [6.45, 7) is 5.03. The van der Waals surface area contributed by atoms with Crippen molar-refractivity contribution < 1.29 is 4.42 Å². The van der Waals surface area contributed by atoms with Gasteiger partial charge in [-0.25, -0.2) is 0 Å². The average Bonchev–Trinajstić information content (AvgIpc) is 2.91. The molecule has 2 rings (SSSR count).